The number of aryl methyl sites for hydroxylation is 1. The third kappa shape index (κ3) is 3.39. The van der Waals surface area contributed by atoms with Crippen molar-refractivity contribution < 1.29 is 4.74 Å². The van der Waals surface area contributed by atoms with Crippen LogP contribution in [-0.2, 0) is 11.3 Å². The minimum absolute atomic E-state index is 0.423. The summed E-state index contributed by atoms with van der Waals surface area (Å²) in [5.74, 6) is 0.423. The van der Waals surface area contributed by atoms with E-state index in [2.05, 4.69) is 23.1 Å². The maximum Gasteiger partial charge on any atom is 0.194 e. The average Bonchev–Trinajstić information content (AvgIpc) is 2.69. The molecule has 16 heavy (non-hydrogen) atoms. The third-order valence-corrected chi connectivity index (χ3v) is 2.02. The van der Waals surface area contributed by atoms with E-state index in [4.69, 9.17) is 10.00 Å². The van der Waals surface area contributed by atoms with Crippen LogP contribution < -0.4 is 0 Å². The molecular formula is C11H16N4O. The molecule has 0 amide bonds. The Labute approximate surface area is 95.4 Å². The second kappa shape index (κ2) is 6.62. The summed E-state index contributed by atoms with van der Waals surface area (Å²) in [6.07, 6.45) is 5.18. The molecule has 0 N–H and O–H groups in total. The molecule has 5 heteroatoms. The standard InChI is InChI=1S/C11H16N4O/c1-3-5-6-15-8-10(7-12)11(14-15)13-9-16-4-2/h8-9H,3-6H2,1-2H3. The summed E-state index contributed by atoms with van der Waals surface area (Å²) in [6.45, 7) is 5.36. The molecule has 5 nitrogen and oxygen atoms in total. The molecule has 1 aromatic rings. The van der Waals surface area contributed by atoms with E-state index in [0.29, 0.717) is 18.0 Å². The quantitative estimate of drug-likeness (QED) is 0.545. The maximum absolute atomic E-state index is 8.90. The highest BCUT2D eigenvalue weighted by Crippen LogP contribution is 2.15. The Bertz CT molecular complexity index is 389. The summed E-state index contributed by atoms with van der Waals surface area (Å²) in [4.78, 5) is 3.99. The van der Waals surface area contributed by atoms with Crippen LogP contribution in [0.15, 0.2) is 11.2 Å². The number of nitrogens with zero attached hydrogens (tertiary/aromatic N) is 4. The van der Waals surface area contributed by atoms with Gasteiger partial charge in [-0.3, -0.25) is 4.68 Å². The zero-order valence-electron chi connectivity index (χ0n) is 9.68. The van der Waals surface area contributed by atoms with Gasteiger partial charge in [-0.2, -0.15) is 15.4 Å². The SMILES string of the molecule is CCCCn1cc(C#N)c(N=COCC)n1. The van der Waals surface area contributed by atoms with Crippen LogP contribution in [0.5, 0.6) is 0 Å². The Morgan fingerprint density at radius 2 is 2.44 bits per heavy atom. The van der Waals surface area contributed by atoms with Crippen LogP contribution in [0.4, 0.5) is 5.82 Å². The lowest BCUT2D eigenvalue weighted by atomic mass is 10.3. The Hall–Kier alpha value is -1.83. The molecule has 0 unspecified atom stereocenters. The molecule has 0 saturated carbocycles. The van der Waals surface area contributed by atoms with Crippen molar-refractivity contribution >= 4 is 12.2 Å². The van der Waals surface area contributed by atoms with E-state index < -0.39 is 0 Å². The molecule has 1 aromatic heterocycles. The van der Waals surface area contributed by atoms with Gasteiger partial charge in [0.15, 0.2) is 12.2 Å². The highest BCUT2D eigenvalue weighted by molar-refractivity contribution is 5.57. The summed E-state index contributed by atoms with van der Waals surface area (Å²) in [5, 5.41) is 13.1. The normalized spacial score (nSPS) is 10.6. The van der Waals surface area contributed by atoms with Gasteiger partial charge >= 0.3 is 0 Å². The van der Waals surface area contributed by atoms with Crippen molar-refractivity contribution in [3.8, 4) is 6.07 Å². The van der Waals surface area contributed by atoms with Gasteiger partial charge in [-0.25, -0.2) is 0 Å². The Morgan fingerprint density at radius 3 is 3.06 bits per heavy atom. The van der Waals surface area contributed by atoms with E-state index in [-0.39, 0.29) is 0 Å². The van der Waals surface area contributed by atoms with Crippen molar-refractivity contribution in [1.82, 2.24) is 9.78 Å². The fourth-order valence-electron chi connectivity index (χ4n) is 1.18. The second-order valence-electron chi connectivity index (χ2n) is 3.28. The molecule has 0 aliphatic rings. The number of aromatic nitrogens is 2. The molecule has 0 radical (unpaired) electrons. The molecule has 86 valence electrons. The molecule has 0 atom stereocenters. The number of aliphatic imine (C=N–C) groups is 1. The lowest BCUT2D eigenvalue weighted by Crippen LogP contribution is -1.97. The van der Waals surface area contributed by atoms with Gasteiger partial charge in [-0.1, -0.05) is 13.3 Å². The molecule has 0 aromatic carbocycles. The third-order valence-electron chi connectivity index (χ3n) is 2.02. The van der Waals surface area contributed by atoms with Gasteiger partial charge in [0.25, 0.3) is 0 Å². The van der Waals surface area contributed by atoms with E-state index in [1.54, 1.807) is 10.9 Å². The van der Waals surface area contributed by atoms with Crippen LogP contribution in [0.25, 0.3) is 0 Å². The monoisotopic (exact) mass is 220 g/mol. The van der Waals surface area contributed by atoms with E-state index >= 15 is 0 Å². The van der Waals surface area contributed by atoms with E-state index in [1.807, 2.05) is 6.92 Å². The largest absolute Gasteiger partial charge is 0.483 e. The Kier molecular flexibility index (Phi) is 5.06. The first-order valence-corrected chi connectivity index (χ1v) is 5.43. The zero-order chi connectivity index (χ0) is 11.8. The van der Waals surface area contributed by atoms with E-state index in [1.165, 1.54) is 6.40 Å². The van der Waals surface area contributed by atoms with Crippen molar-refractivity contribution in [3.05, 3.63) is 11.8 Å². The highest BCUT2D eigenvalue weighted by atomic mass is 16.5. The van der Waals surface area contributed by atoms with Gasteiger partial charge in [0.05, 0.1) is 6.61 Å². The topological polar surface area (TPSA) is 63.2 Å². The number of rotatable bonds is 6. The van der Waals surface area contributed by atoms with Crippen LogP contribution in [0.1, 0.15) is 32.3 Å². The molecule has 0 spiro atoms. The highest BCUT2D eigenvalue weighted by Gasteiger charge is 2.06. The summed E-state index contributed by atoms with van der Waals surface area (Å²) in [5.41, 5.74) is 0.479. The fraction of sp³-hybridized carbons (Fsp3) is 0.545. The summed E-state index contributed by atoms with van der Waals surface area (Å²) < 4.78 is 6.73. The lowest BCUT2D eigenvalue weighted by molar-refractivity contribution is 0.344. The van der Waals surface area contributed by atoms with Crippen molar-refractivity contribution in [1.29, 1.82) is 5.26 Å². The first-order valence-electron chi connectivity index (χ1n) is 5.43. The van der Waals surface area contributed by atoms with Gasteiger partial charge < -0.3 is 4.74 Å². The molecule has 0 aliphatic carbocycles. The predicted molar refractivity (Wildman–Crippen MR) is 61.6 cm³/mol. The van der Waals surface area contributed by atoms with Crippen LogP contribution in [-0.4, -0.2) is 22.8 Å². The maximum atomic E-state index is 8.90. The van der Waals surface area contributed by atoms with Gasteiger partial charge in [0.1, 0.15) is 11.6 Å². The molecule has 0 fully saturated rings. The minimum Gasteiger partial charge on any atom is -0.483 e. The van der Waals surface area contributed by atoms with Gasteiger partial charge in [-0.05, 0) is 13.3 Å². The van der Waals surface area contributed by atoms with Gasteiger partial charge in [-0.15, -0.1) is 0 Å². The summed E-state index contributed by atoms with van der Waals surface area (Å²) in [6, 6.07) is 2.07. The van der Waals surface area contributed by atoms with E-state index in [9.17, 15) is 0 Å². The van der Waals surface area contributed by atoms with Crippen molar-refractivity contribution in [2.45, 2.75) is 33.2 Å². The van der Waals surface area contributed by atoms with Gasteiger partial charge in [0, 0.05) is 12.7 Å². The fourth-order valence-corrected chi connectivity index (χ4v) is 1.18. The molecular weight excluding hydrogens is 204 g/mol. The number of ether oxygens (including phenoxy) is 1. The van der Waals surface area contributed by atoms with Crippen molar-refractivity contribution in [2.24, 2.45) is 4.99 Å². The number of hydrogen-bond donors (Lipinski definition) is 0. The van der Waals surface area contributed by atoms with Crippen molar-refractivity contribution in [3.63, 3.8) is 0 Å². The molecule has 1 heterocycles. The second-order valence-corrected chi connectivity index (χ2v) is 3.28. The van der Waals surface area contributed by atoms with Crippen LogP contribution in [0.3, 0.4) is 0 Å². The van der Waals surface area contributed by atoms with Gasteiger partial charge in [0.2, 0.25) is 0 Å². The summed E-state index contributed by atoms with van der Waals surface area (Å²) in [7, 11) is 0. The van der Waals surface area contributed by atoms with E-state index in [0.717, 1.165) is 19.4 Å². The molecule has 1 rings (SSSR count). The molecule has 0 bridgehead atoms. The molecule has 0 saturated heterocycles. The average molecular weight is 220 g/mol. The first kappa shape index (κ1) is 12.2. The predicted octanol–water partition coefficient (Wildman–Crippen LogP) is 2.25. The molecule has 0 aliphatic heterocycles. The van der Waals surface area contributed by atoms with Crippen LogP contribution in [0.2, 0.25) is 0 Å². The summed E-state index contributed by atoms with van der Waals surface area (Å²) >= 11 is 0. The number of nitriles is 1. The Morgan fingerprint density at radius 1 is 1.62 bits per heavy atom. The first-order chi connectivity index (χ1) is 7.81. The van der Waals surface area contributed by atoms with Crippen LogP contribution >= 0.6 is 0 Å². The number of hydrogen-bond acceptors (Lipinski definition) is 4. The Balaban J connectivity index is 2.75. The zero-order valence-corrected chi connectivity index (χ0v) is 9.68. The lowest BCUT2D eigenvalue weighted by Gasteiger charge is -1.96. The minimum atomic E-state index is 0.423. The van der Waals surface area contributed by atoms with Crippen LogP contribution in [0, 0.1) is 11.3 Å². The number of unbranched alkanes of at least 4 members (excludes halogenated alkanes) is 1. The smallest absolute Gasteiger partial charge is 0.194 e. The van der Waals surface area contributed by atoms with Crippen molar-refractivity contribution in [2.75, 3.05) is 6.61 Å².